The van der Waals surface area contributed by atoms with Gasteiger partial charge < -0.3 is 9.64 Å². The second kappa shape index (κ2) is 9.45. The number of H-pyrrole nitrogens is 1. The van der Waals surface area contributed by atoms with Crippen molar-refractivity contribution < 1.29 is 17.9 Å². The van der Waals surface area contributed by atoms with E-state index < -0.39 is 11.7 Å². The van der Waals surface area contributed by atoms with Crippen LogP contribution in [0, 0.1) is 12.8 Å². The molecule has 1 aromatic heterocycles. The summed E-state index contributed by atoms with van der Waals surface area (Å²) in [4.78, 5) is 2.11. The number of aromatic nitrogens is 2. The Balaban J connectivity index is 2.44. The van der Waals surface area contributed by atoms with Gasteiger partial charge >= 0.3 is 6.18 Å². The minimum absolute atomic E-state index is 0.277. The van der Waals surface area contributed by atoms with Gasteiger partial charge in [0.05, 0.1) is 24.1 Å². The molecule has 1 aromatic carbocycles. The minimum atomic E-state index is -4.44. The maximum absolute atomic E-state index is 13.5. The van der Waals surface area contributed by atoms with Crippen LogP contribution in [-0.4, -0.2) is 35.3 Å². The molecule has 0 spiro atoms. The molecule has 0 aliphatic rings. The molecule has 0 amide bonds. The molecule has 0 aliphatic carbocycles. The van der Waals surface area contributed by atoms with E-state index in [0.717, 1.165) is 31.1 Å². The highest BCUT2D eigenvalue weighted by Crippen LogP contribution is 2.39. The van der Waals surface area contributed by atoms with Gasteiger partial charge in [0.15, 0.2) is 0 Å². The normalized spacial score (nSPS) is 12.2. The van der Waals surface area contributed by atoms with Gasteiger partial charge in [0.25, 0.3) is 0 Å². The third-order valence-electron chi connectivity index (χ3n) is 4.68. The Morgan fingerprint density at radius 2 is 1.93 bits per heavy atom. The maximum Gasteiger partial charge on any atom is 0.416 e. The predicted molar refractivity (Wildman–Crippen MR) is 105 cm³/mol. The molecule has 7 heteroatoms. The summed E-state index contributed by atoms with van der Waals surface area (Å²) < 4.78 is 46.2. The van der Waals surface area contributed by atoms with E-state index >= 15 is 0 Å². The topological polar surface area (TPSA) is 41.2 Å². The van der Waals surface area contributed by atoms with Gasteiger partial charge in [-0.2, -0.15) is 18.3 Å². The van der Waals surface area contributed by atoms with Crippen LogP contribution in [0.2, 0.25) is 0 Å². The van der Waals surface area contributed by atoms with Gasteiger partial charge in [-0.15, -0.1) is 0 Å². The number of nitrogens with zero attached hydrogens (tertiary/aromatic N) is 2. The Labute approximate surface area is 165 Å². The molecule has 1 N–H and O–H groups in total. The number of alkyl halides is 3. The van der Waals surface area contributed by atoms with Crippen LogP contribution in [0.5, 0.6) is 5.75 Å². The number of ether oxygens (including phenoxy) is 1. The zero-order valence-corrected chi connectivity index (χ0v) is 17.3. The lowest BCUT2D eigenvalue weighted by molar-refractivity contribution is -0.137. The molecule has 0 unspecified atom stereocenters. The Hall–Kier alpha value is -2.02. The molecule has 0 atom stereocenters. The highest BCUT2D eigenvalue weighted by Gasteiger charge is 2.32. The predicted octanol–water partition coefficient (Wildman–Crippen LogP) is 5.67. The molecule has 28 heavy (non-hydrogen) atoms. The lowest BCUT2D eigenvalue weighted by atomic mass is 9.97. The molecule has 156 valence electrons. The van der Waals surface area contributed by atoms with E-state index in [2.05, 4.69) is 35.9 Å². The SMILES string of the molecule is CCCN(C)Cc1[nH]ncc1-c1cc(C(F)(F)F)cc(OCCC(C)C)c1C. The average molecular weight is 397 g/mol. The number of hydrogen-bond donors (Lipinski definition) is 1. The summed E-state index contributed by atoms with van der Waals surface area (Å²) in [6, 6.07) is 2.29. The van der Waals surface area contributed by atoms with Crippen LogP contribution in [0.25, 0.3) is 11.1 Å². The summed E-state index contributed by atoms with van der Waals surface area (Å²) >= 11 is 0. The lowest BCUT2D eigenvalue weighted by Gasteiger charge is -2.19. The number of rotatable bonds is 9. The van der Waals surface area contributed by atoms with Crippen molar-refractivity contribution in [2.24, 2.45) is 5.92 Å². The first kappa shape index (κ1) is 22.3. The molecular formula is C21H30F3N3O. The zero-order valence-electron chi connectivity index (χ0n) is 17.3. The number of hydrogen-bond acceptors (Lipinski definition) is 3. The van der Waals surface area contributed by atoms with Crippen LogP contribution in [0.1, 0.15) is 50.4 Å². The van der Waals surface area contributed by atoms with Gasteiger partial charge in [0.2, 0.25) is 0 Å². The fourth-order valence-electron chi connectivity index (χ4n) is 3.08. The first-order valence-electron chi connectivity index (χ1n) is 9.69. The molecule has 0 aliphatic heterocycles. The monoisotopic (exact) mass is 397 g/mol. The van der Waals surface area contributed by atoms with E-state index in [-0.39, 0.29) is 5.75 Å². The Morgan fingerprint density at radius 1 is 1.21 bits per heavy atom. The molecule has 0 fully saturated rings. The number of benzene rings is 1. The highest BCUT2D eigenvalue weighted by molar-refractivity contribution is 5.72. The number of aromatic amines is 1. The van der Waals surface area contributed by atoms with E-state index in [1.807, 2.05) is 7.05 Å². The van der Waals surface area contributed by atoms with Gasteiger partial charge in [-0.1, -0.05) is 20.8 Å². The first-order chi connectivity index (χ1) is 13.1. The van der Waals surface area contributed by atoms with Crippen molar-refractivity contribution in [1.29, 1.82) is 0 Å². The van der Waals surface area contributed by atoms with E-state index in [4.69, 9.17) is 4.74 Å². The van der Waals surface area contributed by atoms with Crippen molar-refractivity contribution in [2.45, 2.75) is 53.3 Å². The molecule has 1 heterocycles. The fraction of sp³-hybridized carbons (Fsp3) is 0.571. The van der Waals surface area contributed by atoms with Crippen LogP contribution in [-0.2, 0) is 12.7 Å². The fourth-order valence-corrected chi connectivity index (χ4v) is 3.08. The molecular weight excluding hydrogens is 367 g/mol. The smallest absolute Gasteiger partial charge is 0.416 e. The average Bonchev–Trinajstić information content (AvgIpc) is 3.03. The summed E-state index contributed by atoms with van der Waals surface area (Å²) in [5.41, 5.74) is 1.97. The van der Waals surface area contributed by atoms with Crippen molar-refractivity contribution in [3.05, 3.63) is 35.2 Å². The maximum atomic E-state index is 13.5. The van der Waals surface area contributed by atoms with Crippen molar-refractivity contribution in [1.82, 2.24) is 15.1 Å². The third kappa shape index (κ3) is 5.74. The van der Waals surface area contributed by atoms with Crippen LogP contribution in [0.15, 0.2) is 18.3 Å². The molecule has 0 radical (unpaired) electrons. The van der Waals surface area contributed by atoms with E-state index in [1.165, 1.54) is 6.07 Å². The first-order valence-corrected chi connectivity index (χ1v) is 9.69. The number of halogens is 3. The summed E-state index contributed by atoms with van der Waals surface area (Å²) in [5, 5.41) is 7.03. The van der Waals surface area contributed by atoms with Crippen LogP contribution in [0.4, 0.5) is 13.2 Å². The van der Waals surface area contributed by atoms with Crippen molar-refractivity contribution in [3.8, 4) is 16.9 Å². The van der Waals surface area contributed by atoms with Gasteiger partial charge in [-0.25, -0.2) is 0 Å². The van der Waals surface area contributed by atoms with Gasteiger partial charge in [0, 0.05) is 12.1 Å². The van der Waals surface area contributed by atoms with E-state index in [1.54, 1.807) is 13.1 Å². The summed E-state index contributed by atoms with van der Waals surface area (Å²) in [5.74, 6) is 0.694. The largest absolute Gasteiger partial charge is 0.493 e. The quantitative estimate of drug-likeness (QED) is 0.593. The number of nitrogens with one attached hydrogen (secondary N) is 1. The highest BCUT2D eigenvalue weighted by atomic mass is 19.4. The van der Waals surface area contributed by atoms with Gasteiger partial charge in [0.1, 0.15) is 5.75 Å². The minimum Gasteiger partial charge on any atom is -0.493 e. The van der Waals surface area contributed by atoms with Crippen LogP contribution < -0.4 is 4.74 Å². The Kier molecular flexibility index (Phi) is 7.52. The second-order valence-electron chi connectivity index (χ2n) is 7.68. The zero-order chi connectivity index (χ0) is 20.9. The van der Waals surface area contributed by atoms with E-state index in [0.29, 0.717) is 35.8 Å². The van der Waals surface area contributed by atoms with Gasteiger partial charge in [-0.3, -0.25) is 5.10 Å². The summed E-state index contributed by atoms with van der Waals surface area (Å²) in [7, 11) is 1.98. The molecule has 0 saturated heterocycles. The van der Waals surface area contributed by atoms with Crippen molar-refractivity contribution >= 4 is 0 Å². The Morgan fingerprint density at radius 3 is 2.54 bits per heavy atom. The van der Waals surface area contributed by atoms with Gasteiger partial charge in [-0.05, 0) is 62.5 Å². The third-order valence-corrected chi connectivity index (χ3v) is 4.68. The summed E-state index contributed by atoms with van der Waals surface area (Å²) in [6.45, 7) is 9.86. The molecule has 0 bridgehead atoms. The lowest BCUT2D eigenvalue weighted by Crippen LogP contribution is -2.19. The van der Waals surface area contributed by atoms with Crippen molar-refractivity contribution in [3.63, 3.8) is 0 Å². The summed E-state index contributed by atoms with van der Waals surface area (Å²) in [6.07, 6.45) is -1.07. The van der Waals surface area contributed by atoms with Crippen LogP contribution >= 0.6 is 0 Å². The second-order valence-corrected chi connectivity index (χ2v) is 7.68. The van der Waals surface area contributed by atoms with E-state index in [9.17, 15) is 13.2 Å². The van der Waals surface area contributed by atoms with Crippen LogP contribution in [0.3, 0.4) is 0 Å². The Bertz CT molecular complexity index is 769. The van der Waals surface area contributed by atoms with Crippen molar-refractivity contribution in [2.75, 3.05) is 20.2 Å². The molecule has 4 nitrogen and oxygen atoms in total. The molecule has 2 aromatic rings. The molecule has 2 rings (SSSR count). The molecule has 0 saturated carbocycles. The standard InChI is InChI=1S/C21H30F3N3O/c1-6-8-27(5)13-19-18(12-25-26-19)17-10-16(21(22,23)24)11-20(15(17)4)28-9-7-14(2)3/h10-12,14H,6-9,13H2,1-5H3,(H,25,26).